The maximum Gasteiger partial charge on any atom is 0.320 e. The predicted molar refractivity (Wildman–Crippen MR) is 68.3 cm³/mol. The maximum absolute atomic E-state index is 10.3. The van der Waals surface area contributed by atoms with Gasteiger partial charge in [-0.15, -0.1) is 0 Å². The van der Waals surface area contributed by atoms with Crippen LogP contribution in [0.25, 0.3) is 0 Å². The second-order valence-electron chi connectivity index (χ2n) is 3.40. The molecule has 0 bridgehead atoms. The van der Waals surface area contributed by atoms with E-state index in [1.165, 1.54) is 0 Å². The molecule has 0 aliphatic rings. The van der Waals surface area contributed by atoms with Gasteiger partial charge in [-0.05, 0) is 19.8 Å². The molecule has 0 rings (SSSR count). The first-order chi connectivity index (χ1) is 8.31. The van der Waals surface area contributed by atoms with Crippen LogP contribution in [0.2, 0.25) is 0 Å². The molecule has 8 heteroatoms. The molecule has 0 unspecified atom stereocenters. The minimum Gasteiger partial charge on any atom is -0.481 e. The molecule has 0 aromatic rings. The quantitative estimate of drug-likeness (QED) is 0.238. The molecule has 0 aliphatic heterocycles. The Morgan fingerprint density at radius 1 is 1.39 bits per heavy atom. The summed E-state index contributed by atoms with van der Waals surface area (Å²) in [6, 6.07) is -0.800. The summed E-state index contributed by atoms with van der Waals surface area (Å²) >= 11 is 0. The van der Waals surface area contributed by atoms with Gasteiger partial charge < -0.3 is 27.0 Å². The minimum absolute atomic E-state index is 0.386. The molecular weight excluding hydrogens is 240 g/mol. The molecule has 0 saturated heterocycles. The first kappa shape index (κ1) is 18.5. The molecule has 18 heavy (non-hydrogen) atoms. The molecule has 0 spiro atoms. The zero-order valence-electron chi connectivity index (χ0n) is 10.7. The van der Waals surface area contributed by atoms with Gasteiger partial charge in [-0.2, -0.15) is 0 Å². The normalized spacial score (nSPS) is 12.1. The number of hydrogen-bond donors (Lipinski definition) is 5. The van der Waals surface area contributed by atoms with Crippen molar-refractivity contribution in [3.63, 3.8) is 0 Å². The average molecular weight is 262 g/mol. The van der Waals surface area contributed by atoms with E-state index in [4.69, 9.17) is 26.5 Å². The summed E-state index contributed by atoms with van der Waals surface area (Å²) in [5, 5.41) is 18.7. The molecule has 0 amide bonds. The lowest BCUT2D eigenvalue weighted by Crippen LogP contribution is -2.32. The van der Waals surface area contributed by atoms with E-state index in [1.54, 1.807) is 0 Å². The molecule has 0 aliphatic carbocycles. The summed E-state index contributed by atoms with van der Waals surface area (Å²) in [5.41, 5.74) is 10.7. The Hall–Kier alpha value is -1.83. The molecule has 0 aromatic carbocycles. The van der Waals surface area contributed by atoms with Crippen LogP contribution < -0.4 is 16.8 Å². The Labute approximate surface area is 106 Å². The highest BCUT2D eigenvalue weighted by Gasteiger charge is 2.09. The Morgan fingerprint density at radius 3 is 2.28 bits per heavy atom. The second-order valence-corrected chi connectivity index (χ2v) is 3.40. The van der Waals surface area contributed by atoms with E-state index in [-0.39, 0.29) is 0 Å². The number of carboxylic acids is 2. The topological polar surface area (TPSA) is 151 Å². The molecule has 0 radical (unpaired) electrons. The number of carboxylic acid groups (broad SMARTS) is 2. The fourth-order valence-corrected chi connectivity index (χ4v) is 0.871. The minimum atomic E-state index is -0.978. The molecule has 7 N–H and O–H groups in total. The Bertz CT molecular complexity index is 277. The maximum atomic E-state index is 10.3. The van der Waals surface area contributed by atoms with Gasteiger partial charge in [-0.25, -0.2) is 0 Å². The van der Waals surface area contributed by atoms with Gasteiger partial charge in [-0.1, -0.05) is 0 Å². The van der Waals surface area contributed by atoms with Crippen LogP contribution in [0.15, 0.2) is 4.99 Å². The first-order valence-electron chi connectivity index (χ1n) is 5.52. The molecule has 0 aromatic heterocycles. The van der Waals surface area contributed by atoms with E-state index in [1.807, 2.05) is 6.92 Å². The highest BCUT2D eigenvalue weighted by atomic mass is 16.4. The van der Waals surface area contributed by atoms with E-state index in [9.17, 15) is 4.79 Å². The fourth-order valence-electron chi connectivity index (χ4n) is 0.871. The summed E-state index contributed by atoms with van der Waals surface area (Å²) in [5.74, 6) is -1.43. The third-order valence-electron chi connectivity index (χ3n) is 1.63. The number of nitrogens with two attached hydrogens (primary N) is 2. The summed E-state index contributed by atoms with van der Waals surface area (Å²) in [4.78, 5) is 23.3. The highest BCUT2D eigenvalue weighted by Crippen LogP contribution is 1.94. The number of carbonyl (C=O) groups is 2. The Kier molecular flexibility index (Phi) is 12.0. The molecule has 0 heterocycles. The average Bonchev–Trinajstić information content (AvgIpc) is 2.23. The molecule has 106 valence electrons. The van der Waals surface area contributed by atoms with Crippen LogP contribution in [-0.4, -0.2) is 47.2 Å². The SMILES string of the molecule is CC(=O)O.CCNC(N)=NCCC[C@H](N)C(=O)O. The smallest absolute Gasteiger partial charge is 0.320 e. The van der Waals surface area contributed by atoms with E-state index in [0.717, 1.165) is 13.5 Å². The number of aliphatic carboxylic acids is 2. The monoisotopic (exact) mass is 262 g/mol. The highest BCUT2D eigenvalue weighted by molar-refractivity contribution is 5.77. The Morgan fingerprint density at radius 2 is 1.89 bits per heavy atom. The molecular formula is C10H22N4O4. The van der Waals surface area contributed by atoms with E-state index >= 15 is 0 Å². The van der Waals surface area contributed by atoms with Crippen molar-refractivity contribution in [3.05, 3.63) is 0 Å². The van der Waals surface area contributed by atoms with Crippen molar-refractivity contribution in [2.24, 2.45) is 16.5 Å². The number of guanidine groups is 1. The van der Waals surface area contributed by atoms with Gasteiger partial charge in [0.1, 0.15) is 6.04 Å². The van der Waals surface area contributed by atoms with Crippen LogP contribution in [0.3, 0.4) is 0 Å². The zero-order valence-corrected chi connectivity index (χ0v) is 10.7. The summed E-state index contributed by atoms with van der Waals surface area (Å²) < 4.78 is 0. The standard InChI is InChI=1S/C8H18N4O2.C2H4O2/c1-2-11-8(10)12-5-3-4-6(9)7(13)14;1-2(3)4/h6H,2-5,9H2,1H3,(H,13,14)(H3,10,11,12);1H3,(H,3,4)/t6-;/m0./s1. The van der Waals surface area contributed by atoms with Crippen molar-refractivity contribution >= 4 is 17.9 Å². The van der Waals surface area contributed by atoms with Crippen LogP contribution in [-0.2, 0) is 9.59 Å². The largest absolute Gasteiger partial charge is 0.481 e. The van der Waals surface area contributed by atoms with E-state index < -0.39 is 18.0 Å². The summed E-state index contributed by atoms with van der Waals surface area (Å²) in [6.07, 6.45) is 1.04. The molecule has 0 saturated carbocycles. The number of aliphatic imine (C=N–C) groups is 1. The first-order valence-corrected chi connectivity index (χ1v) is 5.52. The number of rotatable bonds is 6. The lowest BCUT2D eigenvalue weighted by atomic mass is 10.2. The van der Waals surface area contributed by atoms with E-state index in [2.05, 4.69) is 10.3 Å². The van der Waals surface area contributed by atoms with Crippen LogP contribution in [0.1, 0.15) is 26.7 Å². The van der Waals surface area contributed by atoms with Gasteiger partial charge in [0.25, 0.3) is 5.97 Å². The van der Waals surface area contributed by atoms with Crippen molar-refractivity contribution in [3.8, 4) is 0 Å². The number of hydrogen-bond acceptors (Lipinski definition) is 4. The van der Waals surface area contributed by atoms with Crippen molar-refractivity contribution in [1.82, 2.24) is 5.32 Å². The summed E-state index contributed by atoms with van der Waals surface area (Å²) in [6.45, 7) is 4.23. The number of nitrogens with zero attached hydrogens (tertiary/aromatic N) is 1. The predicted octanol–water partition coefficient (Wildman–Crippen LogP) is -0.806. The van der Waals surface area contributed by atoms with E-state index in [0.29, 0.717) is 25.3 Å². The molecule has 1 atom stereocenters. The van der Waals surface area contributed by atoms with Crippen molar-refractivity contribution < 1.29 is 19.8 Å². The zero-order chi connectivity index (χ0) is 14.6. The van der Waals surface area contributed by atoms with Crippen LogP contribution in [0, 0.1) is 0 Å². The third kappa shape index (κ3) is 16.6. The van der Waals surface area contributed by atoms with Crippen molar-refractivity contribution in [2.45, 2.75) is 32.7 Å². The van der Waals surface area contributed by atoms with Gasteiger partial charge in [0.15, 0.2) is 5.96 Å². The van der Waals surface area contributed by atoms with Crippen molar-refractivity contribution in [2.75, 3.05) is 13.1 Å². The van der Waals surface area contributed by atoms with Gasteiger partial charge in [0.05, 0.1) is 0 Å². The van der Waals surface area contributed by atoms with Crippen molar-refractivity contribution in [1.29, 1.82) is 0 Å². The van der Waals surface area contributed by atoms with Gasteiger partial charge in [0, 0.05) is 20.0 Å². The molecule has 8 nitrogen and oxygen atoms in total. The number of nitrogens with one attached hydrogen (secondary N) is 1. The third-order valence-corrected chi connectivity index (χ3v) is 1.63. The lowest BCUT2D eigenvalue weighted by molar-refractivity contribution is -0.138. The van der Waals surface area contributed by atoms with Crippen LogP contribution in [0.5, 0.6) is 0 Å². The lowest BCUT2D eigenvalue weighted by Gasteiger charge is -2.04. The molecule has 0 fully saturated rings. The van der Waals surface area contributed by atoms with Crippen LogP contribution in [0.4, 0.5) is 0 Å². The Balaban J connectivity index is 0. The van der Waals surface area contributed by atoms with Gasteiger partial charge in [0.2, 0.25) is 0 Å². The second kappa shape index (κ2) is 11.6. The van der Waals surface area contributed by atoms with Gasteiger partial charge >= 0.3 is 5.97 Å². The fraction of sp³-hybridized carbons (Fsp3) is 0.700. The van der Waals surface area contributed by atoms with Crippen LogP contribution >= 0.6 is 0 Å². The summed E-state index contributed by atoms with van der Waals surface area (Å²) in [7, 11) is 0. The van der Waals surface area contributed by atoms with Gasteiger partial charge in [-0.3, -0.25) is 14.6 Å².